The fourth-order valence-corrected chi connectivity index (χ4v) is 3.15. The molecule has 16 heavy (non-hydrogen) atoms. The van der Waals surface area contributed by atoms with E-state index in [1.54, 1.807) is 0 Å². The van der Waals surface area contributed by atoms with Gasteiger partial charge in [0.2, 0.25) is 0 Å². The molecule has 3 rings (SSSR count). The second kappa shape index (κ2) is 3.30. The molecule has 1 saturated carbocycles. The first-order valence-corrected chi connectivity index (χ1v) is 5.97. The molecule has 0 saturated heterocycles. The van der Waals surface area contributed by atoms with Gasteiger partial charge in [0.1, 0.15) is 0 Å². The van der Waals surface area contributed by atoms with Crippen molar-refractivity contribution < 1.29 is 9.59 Å². The number of hydrogen-bond acceptors (Lipinski definition) is 2. The van der Waals surface area contributed by atoms with Gasteiger partial charge in [0.05, 0.1) is 0 Å². The lowest BCUT2D eigenvalue weighted by Crippen LogP contribution is -2.42. The number of fused-ring (bicyclic) bond motifs is 2. The summed E-state index contributed by atoms with van der Waals surface area (Å²) >= 11 is 0. The van der Waals surface area contributed by atoms with E-state index in [0.29, 0.717) is 23.8 Å². The molecule has 0 spiro atoms. The molecule has 84 valence electrons. The maximum atomic E-state index is 12.0. The number of carbonyl (C=O) groups excluding carboxylic acids is 2. The average molecular weight is 217 g/mol. The van der Waals surface area contributed by atoms with Crippen molar-refractivity contribution in [3.63, 3.8) is 0 Å². The largest absolute Gasteiger partial charge is 0.271 e. The molecular weight excluding hydrogens is 202 g/mol. The molecule has 3 unspecified atom stereocenters. The lowest BCUT2D eigenvalue weighted by atomic mass is 10.00. The first-order valence-electron chi connectivity index (χ1n) is 5.97. The van der Waals surface area contributed by atoms with E-state index in [1.165, 1.54) is 11.0 Å². The predicted octanol–water partition coefficient (Wildman–Crippen LogP) is 1.66. The minimum absolute atomic E-state index is 0.0570. The molecule has 2 bridgehead atoms. The molecule has 3 nitrogen and oxygen atoms in total. The normalized spacial score (nSPS) is 36.4. The highest BCUT2D eigenvalue weighted by Gasteiger charge is 2.45. The Morgan fingerprint density at radius 2 is 2.12 bits per heavy atom. The van der Waals surface area contributed by atoms with Gasteiger partial charge in [-0.1, -0.05) is 19.1 Å². The summed E-state index contributed by atoms with van der Waals surface area (Å²) in [6.07, 6.45) is 8.63. The van der Waals surface area contributed by atoms with Crippen LogP contribution in [0.5, 0.6) is 0 Å². The molecule has 0 radical (unpaired) electrons. The van der Waals surface area contributed by atoms with Crippen LogP contribution >= 0.6 is 0 Å². The number of amides is 2. The van der Waals surface area contributed by atoms with E-state index in [-0.39, 0.29) is 17.9 Å². The van der Waals surface area contributed by atoms with Gasteiger partial charge >= 0.3 is 0 Å². The van der Waals surface area contributed by atoms with Crippen molar-refractivity contribution in [2.75, 3.05) is 0 Å². The molecule has 3 heteroatoms. The Kier molecular flexibility index (Phi) is 2.03. The second-order valence-corrected chi connectivity index (χ2v) is 4.88. The van der Waals surface area contributed by atoms with Gasteiger partial charge in [-0.25, -0.2) is 0 Å². The van der Waals surface area contributed by atoms with Crippen LogP contribution in [-0.2, 0) is 9.59 Å². The lowest BCUT2D eigenvalue weighted by molar-refractivity contribution is -0.140. The van der Waals surface area contributed by atoms with Crippen molar-refractivity contribution in [2.45, 2.75) is 32.2 Å². The van der Waals surface area contributed by atoms with Crippen molar-refractivity contribution in [3.05, 3.63) is 23.8 Å². The maximum Gasteiger partial charge on any atom is 0.257 e. The first-order chi connectivity index (χ1) is 7.70. The van der Waals surface area contributed by atoms with Crippen LogP contribution in [0.2, 0.25) is 0 Å². The Morgan fingerprint density at radius 3 is 2.62 bits per heavy atom. The molecule has 1 aliphatic heterocycles. The summed E-state index contributed by atoms with van der Waals surface area (Å²) in [5.41, 5.74) is 0.664. The summed E-state index contributed by atoms with van der Waals surface area (Å²) in [5, 5.41) is 0. The second-order valence-electron chi connectivity index (χ2n) is 4.88. The van der Waals surface area contributed by atoms with Crippen LogP contribution in [0.15, 0.2) is 23.8 Å². The standard InChI is InChI=1S/C13H15NO2/c1-2-9-7-12(15)14(13(9)16)11-6-8-3-4-10(11)5-8/h3-4,7-8,10-11H,2,5-6H2,1H3. The van der Waals surface area contributed by atoms with Crippen molar-refractivity contribution in [1.82, 2.24) is 4.90 Å². The molecule has 2 aliphatic carbocycles. The van der Waals surface area contributed by atoms with Crippen molar-refractivity contribution in [1.29, 1.82) is 0 Å². The van der Waals surface area contributed by atoms with Crippen LogP contribution in [0.3, 0.4) is 0 Å². The van der Waals surface area contributed by atoms with Crippen LogP contribution < -0.4 is 0 Å². The van der Waals surface area contributed by atoms with Crippen LogP contribution in [-0.4, -0.2) is 22.8 Å². The van der Waals surface area contributed by atoms with Gasteiger partial charge in [-0.2, -0.15) is 0 Å². The van der Waals surface area contributed by atoms with Crippen molar-refractivity contribution >= 4 is 11.8 Å². The molecule has 0 aromatic heterocycles. The van der Waals surface area contributed by atoms with Gasteiger partial charge in [-0.05, 0) is 31.1 Å². The Labute approximate surface area is 94.8 Å². The number of allylic oxidation sites excluding steroid dienone is 1. The first kappa shape index (κ1) is 9.82. The molecule has 1 heterocycles. The zero-order valence-corrected chi connectivity index (χ0v) is 9.35. The number of imide groups is 1. The Morgan fingerprint density at radius 1 is 1.31 bits per heavy atom. The van der Waals surface area contributed by atoms with Gasteiger partial charge < -0.3 is 0 Å². The van der Waals surface area contributed by atoms with Gasteiger partial charge in [0, 0.05) is 17.7 Å². The van der Waals surface area contributed by atoms with Gasteiger partial charge in [0.25, 0.3) is 11.8 Å². The monoisotopic (exact) mass is 217 g/mol. The van der Waals surface area contributed by atoms with Gasteiger partial charge in [0.15, 0.2) is 0 Å². The highest BCUT2D eigenvalue weighted by Crippen LogP contribution is 2.42. The Hall–Kier alpha value is -1.38. The predicted molar refractivity (Wildman–Crippen MR) is 59.4 cm³/mol. The van der Waals surface area contributed by atoms with Crippen LogP contribution in [0.25, 0.3) is 0 Å². The smallest absolute Gasteiger partial charge is 0.257 e. The highest BCUT2D eigenvalue weighted by molar-refractivity contribution is 6.16. The molecule has 3 aliphatic rings. The van der Waals surface area contributed by atoms with E-state index in [0.717, 1.165) is 12.8 Å². The molecule has 1 fully saturated rings. The van der Waals surface area contributed by atoms with Crippen molar-refractivity contribution in [3.8, 4) is 0 Å². The zero-order chi connectivity index (χ0) is 11.3. The molecular formula is C13H15NO2. The lowest BCUT2D eigenvalue weighted by Gasteiger charge is -2.27. The Bertz CT molecular complexity index is 422. The van der Waals surface area contributed by atoms with E-state index in [4.69, 9.17) is 0 Å². The number of carbonyl (C=O) groups is 2. The summed E-state index contributed by atoms with van der Waals surface area (Å²) in [6.45, 7) is 1.92. The number of nitrogens with zero attached hydrogens (tertiary/aromatic N) is 1. The SMILES string of the molecule is CCC1=CC(=O)N(C2CC3C=CC2C3)C1=O. The van der Waals surface area contributed by atoms with Crippen molar-refractivity contribution in [2.24, 2.45) is 11.8 Å². The third kappa shape index (κ3) is 1.20. The van der Waals surface area contributed by atoms with E-state index in [9.17, 15) is 9.59 Å². The summed E-state index contributed by atoms with van der Waals surface area (Å²) in [6, 6.07) is 0.121. The van der Waals surface area contributed by atoms with E-state index in [1.807, 2.05) is 6.92 Å². The number of rotatable bonds is 2. The Balaban J connectivity index is 1.85. The summed E-state index contributed by atoms with van der Waals surface area (Å²) in [7, 11) is 0. The minimum atomic E-state index is -0.104. The zero-order valence-electron chi connectivity index (χ0n) is 9.35. The molecule has 2 amide bonds. The van der Waals surface area contributed by atoms with Crippen LogP contribution in [0.4, 0.5) is 0 Å². The average Bonchev–Trinajstić information content (AvgIpc) is 2.92. The van der Waals surface area contributed by atoms with E-state index in [2.05, 4.69) is 12.2 Å². The minimum Gasteiger partial charge on any atom is -0.271 e. The van der Waals surface area contributed by atoms with E-state index < -0.39 is 0 Å². The van der Waals surface area contributed by atoms with Gasteiger partial charge in [-0.15, -0.1) is 0 Å². The van der Waals surface area contributed by atoms with E-state index >= 15 is 0 Å². The van der Waals surface area contributed by atoms with Crippen LogP contribution in [0, 0.1) is 11.8 Å². The van der Waals surface area contributed by atoms with Crippen LogP contribution in [0.1, 0.15) is 26.2 Å². The molecule has 0 aromatic carbocycles. The topological polar surface area (TPSA) is 37.4 Å². The maximum absolute atomic E-state index is 12.0. The quantitative estimate of drug-likeness (QED) is 0.521. The molecule has 0 aromatic rings. The van der Waals surface area contributed by atoms with Gasteiger partial charge in [-0.3, -0.25) is 14.5 Å². The third-order valence-corrected chi connectivity index (χ3v) is 3.99. The number of hydrogen-bond donors (Lipinski definition) is 0. The fraction of sp³-hybridized carbons (Fsp3) is 0.538. The third-order valence-electron chi connectivity index (χ3n) is 3.99. The molecule has 0 N–H and O–H groups in total. The highest BCUT2D eigenvalue weighted by atomic mass is 16.2. The fourth-order valence-electron chi connectivity index (χ4n) is 3.15. The summed E-state index contributed by atoms with van der Waals surface area (Å²) in [5.74, 6) is 0.829. The summed E-state index contributed by atoms with van der Waals surface area (Å²) < 4.78 is 0. The molecule has 3 atom stereocenters. The summed E-state index contributed by atoms with van der Waals surface area (Å²) in [4.78, 5) is 25.3.